The zero-order chi connectivity index (χ0) is 15.6. The van der Waals surface area contributed by atoms with Gasteiger partial charge in [0.2, 0.25) is 5.91 Å². The molecule has 0 unspecified atom stereocenters. The lowest BCUT2D eigenvalue weighted by Gasteiger charge is -2.26. The Hall–Kier alpha value is -1.36. The summed E-state index contributed by atoms with van der Waals surface area (Å²) in [5.41, 5.74) is 2.03. The summed E-state index contributed by atoms with van der Waals surface area (Å²) in [5, 5.41) is 6.15. The van der Waals surface area contributed by atoms with Crippen LogP contribution in [0.3, 0.4) is 0 Å². The summed E-state index contributed by atoms with van der Waals surface area (Å²) in [7, 11) is 1.70. The molecule has 1 aromatic rings. The van der Waals surface area contributed by atoms with E-state index in [2.05, 4.69) is 29.0 Å². The molecule has 1 aliphatic heterocycles. The highest BCUT2D eigenvalue weighted by molar-refractivity contribution is 5.81. The minimum atomic E-state index is -0.431. The molecule has 1 amide bonds. The van der Waals surface area contributed by atoms with Crippen LogP contribution in [-0.4, -0.2) is 29.1 Å². The average Bonchev–Trinajstić information content (AvgIpc) is 2.74. The minimum Gasteiger partial charge on any atom is -0.359 e. The van der Waals surface area contributed by atoms with Gasteiger partial charge in [0.25, 0.3) is 0 Å². The summed E-state index contributed by atoms with van der Waals surface area (Å²) in [4.78, 5) is 16.9. The fourth-order valence-electron chi connectivity index (χ4n) is 2.94. The van der Waals surface area contributed by atoms with E-state index in [4.69, 9.17) is 4.98 Å². The van der Waals surface area contributed by atoms with Crippen molar-refractivity contribution >= 4 is 5.91 Å². The van der Waals surface area contributed by atoms with Gasteiger partial charge in [0.15, 0.2) is 0 Å². The van der Waals surface area contributed by atoms with Gasteiger partial charge in [-0.15, -0.1) is 0 Å². The molecule has 0 fully saturated rings. The minimum absolute atomic E-state index is 0.0781. The molecule has 0 saturated carbocycles. The second-order valence-electron chi connectivity index (χ2n) is 7.00. The first-order valence-electron chi connectivity index (χ1n) is 7.85. The predicted octanol–water partition coefficient (Wildman–Crippen LogP) is 1.50. The average molecular weight is 292 g/mol. The third kappa shape index (κ3) is 3.46. The van der Waals surface area contributed by atoms with E-state index < -0.39 is 5.41 Å². The Bertz CT molecular complexity index is 517. The zero-order valence-corrected chi connectivity index (χ0v) is 13.9. The Morgan fingerprint density at radius 3 is 2.81 bits per heavy atom. The lowest BCUT2D eigenvalue weighted by atomic mass is 9.91. The maximum atomic E-state index is 12.1. The van der Waals surface area contributed by atoms with Gasteiger partial charge in [0.1, 0.15) is 5.82 Å². The maximum absolute atomic E-state index is 12.1. The lowest BCUT2D eigenvalue weighted by molar-refractivity contribution is -0.129. The summed E-state index contributed by atoms with van der Waals surface area (Å²) in [6.07, 6.45) is 1.95. The van der Waals surface area contributed by atoms with Gasteiger partial charge in [-0.2, -0.15) is 0 Å². The van der Waals surface area contributed by atoms with Crippen LogP contribution in [0.4, 0.5) is 0 Å². The Morgan fingerprint density at radius 2 is 2.19 bits per heavy atom. The molecule has 21 heavy (non-hydrogen) atoms. The summed E-state index contributed by atoms with van der Waals surface area (Å²) in [5.74, 6) is 1.76. The van der Waals surface area contributed by atoms with Crippen molar-refractivity contribution < 1.29 is 4.79 Å². The number of rotatable bonds is 5. The molecule has 0 saturated heterocycles. The highest BCUT2D eigenvalue weighted by atomic mass is 16.2. The van der Waals surface area contributed by atoms with Crippen molar-refractivity contribution in [2.75, 3.05) is 13.6 Å². The van der Waals surface area contributed by atoms with E-state index >= 15 is 0 Å². The largest absolute Gasteiger partial charge is 0.359 e. The van der Waals surface area contributed by atoms with Crippen molar-refractivity contribution in [2.45, 2.75) is 53.6 Å². The molecule has 2 heterocycles. The lowest BCUT2D eigenvalue weighted by Crippen LogP contribution is -2.39. The molecule has 0 atom stereocenters. The van der Waals surface area contributed by atoms with Crippen molar-refractivity contribution in [3.63, 3.8) is 0 Å². The van der Waals surface area contributed by atoms with Gasteiger partial charge in [-0.05, 0) is 19.8 Å². The number of nitrogens with one attached hydrogen (secondary N) is 2. The summed E-state index contributed by atoms with van der Waals surface area (Å²) < 4.78 is 2.30. The number of carbonyl (C=O) groups is 1. The van der Waals surface area contributed by atoms with Crippen molar-refractivity contribution in [1.82, 2.24) is 20.2 Å². The molecule has 1 aromatic heterocycles. The normalized spacial score (nSPS) is 15.1. The fourth-order valence-corrected chi connectivity index (χ4v) is 2.94. The zero-order valence-electron chi connectivity index (χ0n) is 13.9. The Morgan fingerprint density at radius 1 is 1.48 bits per heavy atom. The maximum Gasteiger partial charge on any atom is 0.227 e. The van der Waals surface area contributed by atoms with E-state index in [1.54, 1.807) is 7.05 Å². The van der Waals surface area contributed by atoms with Gasteiger partial charge >= 0.3 is 0 Å². The van der Waals surface area contributed by atoms with Crippen molar-refractivity contribution in [1.29, 1.82) is 0 Å². The molecule has 1 aliphatic rings. The van der Waals surface area contributed by atoms with E-state index in [1.165, 1.54) is 5.69 Å². The standard InChI is InChI=1S/C16H28N4O/c1-11(2)8-14-19-12-9-18-7-6-13(12)20(14)10-16(3,4)15(21)17-5/h11,18H,6-10H2,1-5H3,(H,17,21). The molecule has 0 bridgehead atoms. The van der Waals surface area contributed by atoms with Gasteiger partial charge in [-0.1, -0.05) is 13.8 Å². The Labute approximate surface area is 127 Å². The monoisotopic (exact) mass is 292 g/mol. The second kappa shape index (κ2) is 6.18. The first-order chi connectivity index (χ1) is 9.85. The van der Waals surface area contributed by atoms with E-state index in [1.807, 2.05) is 13.8 Å². The van der Waals surface area contributed by atoms with Crippen molar-refractivity contribution in [2.24, 2.45) is 11.3 Å². The first kappa shape index (κ1) is 16.0. The van der Waals surface area contributed by atoms with Crippen LogP contribution < -0.4 is 10.6 Å². The highest BCUT2D eigenvalue weighted by Crippen LogP contribution is 2.25. The van der Waals surface area contributed by atoms with Crippen LogP contribution in [0.5, 0.6) is 0 Å². The molecule has 2 rings (SSSR count). The number of fused-ring (bicyclic) bond motifs is 1. The van der Waals surface area contributed by atoms with Gasteiger partial charge in [0, 0.05) is 45.2 Å². The fraction of sp³-hybridized carbons (Fsp3) is 0.750. The van der Waals surface area contributed by atoms with Crippen molar-refractivity contribution in [3.8, 4) is 0 Å². The molecule has 0 radical (unpaired) electrons. The van der Waals surface area contributed by atoms with Gasteiger partial charge in [0.05, 0.1) is 11.1 Å². The molecule has 118 valence electrons. The van der Waals surface area contributed by atoms with Crippen LogP contribution in [-0.2, 0) is 30.7 Å². The van der Waals surface area contributed by atoms with E-state index in [0.29, 0.717) is 12.5 Å². The molecule has 0 spiro atoms. The number of carbonyl (C=O) groups excluding carboxylic acids is 1. The third-order valence-electron chi connectivity index (χ3n) is 4.05. The van der Waals surface area contributed by atoms with Crippen LogP contribution >= 0.6 is 0 Å². The number of imidazole rings is 1. The number of aromatic nitrogens is 2. The van der Waals surface area contributed by atoms with Crippen molar-refractivity contribution in [3.05, 3.63) is 17.2 Å². The SMILES string of the molecule is CNC(=O)C(C)(C)Cn1c(CC(C)C)nc2c1CCNC2. The first-order valence-corrected chi connectivity index (χ1v) is 7.85. The second-order valence-corrected chi connectivity index (χ2v) is 7.00. The van der Waals surface area contributed by atoms with Crippen LogP contribution in [0.25, 0.3) is 0 Å². The van der Waals surface area contributed by atoms with Gasteiger partial charge in [-0.3, -0.25) is 4.79 Å². The molecular formula is C16H28N4O. The molecule has 0 aliphatic carbocycles. The summed E-state index contributed by atoms with van der Waals surface area (Å²) in [6.45, 7) is 10.9. The highest BCUT2D eigenvalue weighted by Gasteiger charge is 2.30. The summed E-state index contributed by atoms with van der Waals surface area (Å²) >= 11 is 0. The third-order valence-corrected chi connectivity index (χ3v) is 4.05. The number of hydrogen-bond acceptors (Lipinski definition) is 3. The molecule has 2 N–H and O–H groups in total. The molecular weight excluding hydrogens is 264 g/mol. The molecule has 5 heteroatoms. The van der Waals surface area contributed by atoms with E-state index in [-0.39, 0.29) is 5.91 Å². The van der Waals surface area contributed by atoms with Crippen LogP contribution in [0.1, 0.15) is 44.9 Å². The number of hydrogen-bond donors (Lipinski definition) is 2. The van der Waals surface area contributed by atoms with E-state index in [9.17, 15) is 4.79 Å². The Kier molecular flexibility index (Phi) is 4.71. The van der Waals surface area contributed by atoms with Gasteiger partial charge < -0.3 is 15.2 Å². The topological polar surface area (TPSA) is 59.0 Å². The predicted molar refractivity (Wildman–Crippen MR) is 84.0 cm³/mol. The number of nitrogens with zero attached hydrogens (tertiary/aromatic N) is 2. The van der Waals surface area contributed by atoms with Crippen LogP contribution in [0.2, 0.25) is 0 Å². The number of amides is 1. The quantitative estimate of drug-likeness (QED) is 0.864. The molecule has 5 nitrogen and oxygen atoms in total. The Balaban J connectivity index is 2.36. The van der Waals surface area contributed by atoms with Crippen LogP contribution in [0, 0.1) is 11.3 Å². The smallest absolute Gasteiger partial charge is 0.227 e. The molecule has 0 aromatic carbocycles. The van der Waals surface area contributed by atoms with E-state index in [0.717, 1.165) is 37.4 Å². The van der Waals surface area contributed by atoms with Crippen LogP contribution in [0.15, 0.2) is 0 Å². The van der Waals surface area contributed by atoms with Gasteiger partial charge in [-0.25, -0.2) is 4.98 Å². The summed E-state index contributed by atoms with van der Waals surface area (Å²) in [6, 6.07) is 0.